The van der Waals surface area contributed by atoms with Crippen LogP contribution in [0.4, 0.5) is 5.82 Å². The monoisotopic (exact) mass is 301 g/mol. The summed E-state index contributed by atoms with van der Waals surface area (Å²) in [7, 11) is 0. The molecule has 1 aliphatic heterocycles. The minimum absolute atomic E-state index is 0.0229. The summed E-state index contributed by atoms with van der Waals surface area (Å²) in [6, 6.07) is 0. The van der Waals surface area contributed by atoms with E-state index in [0.717, 1.165) is 11.9 Å². The SMILES string of the molecule is CCn1ccnc(N2CCOC(CBr)C2)c1=O. The first kappa shape index (κ1) is 12.6. The molecule has 1 atom stereocenters. The van der Waals surface area contributed by atoms with Crippen molar-refractivity contribution in [2.24, 2.45) is 0 Å². The highest BCUT2D eigenvalue weighted by atomic mass is 79.9. The summed E-state index contributed by atoms with van der Waals surface area (Å²) in [4.78, 5) is 18.3. The van der Waals surface area contributed by atoms with Crippen molar-refractivity contribution < 1.29 is 4.74 Å². The summed E-state index contributed by atoms with van der Waals surface area (Å²) in [5.41, 5.74) is -0.0229. The molecule has 5 nitrogen and oxygen atoms in total. The number of aryl methyl sites for hydroxylation is 1. The van der Waals surface area contributed by atoms with Crippen molar-refractivity contribution in [3.05, 3.63) is 22.7 Å². The molecule has 17 heavy (non-hydrogen) atoms. The zero-order valence-corrected chi connectivity index (χ0v) is 11.4. The van der Waals surface area contributed by atoms with E-state index in [4.69, 9.17) is 4.74 Å². The zero-order chi connectivity index (χ0) is 12.3. The predicted octanol–water partition coefficient (Wildman–Crippen LogP) is 0.863. The summed E-state index contributed by atoms with van der Waals surface area (Å²) in [6.07, 6.45) is 3.52. The second kappa shape index (κ2) is 5.64. The number of anilines is 1. The quantitative estimate of drug-likeness (QED) is 0.777. The standard InChI is InChI=1S/C11H16BrN3O2/c1-2-14-4-3-13-10(11(14)16)15-5-6-17-9(7-12)8-15/h3-4,9H,2,5-8H2,1H3. The lowest BCUT2D eigenvalue weighted by Gasteiger charge is -2.32. The van der Waals surface area contributed by atoms with Crippen LogP contribution in [0.15, 0.2) is 17.2 Å². The molecule has 1 unspecified atom stereocenters. The Morgan fingerprint density at radius 2 is 2.47 bits per heavy atom. The van der Waals surface area contributed by atoms with Gasteiger partial charge in [-0.25, -0.2) is 4.98 Å². The molecule has 1 aromatic rings. The summed E-state index contributed by atoms with van der Waals surface area (Å²) in [6.45, 7) is 4.69. The third-order valence-electron chi connectivity index (χ3n) is 2.85. The number of alkyl halides is 1. The van der Waals surface area contributed by atoms with Crippen LogP contribution in [0.25, 0.3) is 0 Å². The Balaban J connectivity index is 2.24. The highest BCUT2D eigenvalue weighted by Crippen LogP contribution is 2.12. The van der Waals surface area contributed by atoms with Gasteiger partial charge < -0.3 is 14.2 Å². The van der Waals surface area contributed by atoms with E-state index in [9.17, 15) is 4.79 Å². The van der Waals surface area contributed by atoms with E-state index in [-0.39, 0.29) is 11.7 Å². The van der Waals surface area contributed by atoms with E-state index in [2.05, 4.69) is 20.9 Å². The average Bonchev–Trinajstić information content (AvgIpc) is 2.39. The van der Waals surface area contributed by atoms with E-state index in [0.29, 0.717) is 25.5 Å². The summed E-state index contributed by atoms with van der Waals surface area (Å²) in [5, 5.41) is 0.776. The Bertz CT molecular complexity index is 435. The van der Waals surface area contributed by atoms with Crippen molar-refractivity contribution in [1.82, 2.24) is 9.55 Å². The number of ether oxygens (including phenoxy) is 1. The molecule has 2 heterocycles. The number of rotatable bonds is 3. The molecular weight excluding hydrogens is 286 g/mol. The number of hydrogen-bond acceptors (Lipinski definition) is 4. The van der Waals surface area contributed by atoms with Crippen LogP contribution < -0.4 is 10.5 Å². The highest BCUT2D eigenvalue weighted by Gasteiger charge is 2.22. The van der Waals surface area contributed by atoms with Gasteiger partial charge in [0.2, 0.25) is 0 Å². The first-order valence-corrected chi connectivity index (χ1v) is 6.86. The van der Waals surface area contributed by atoms with Crippen LogP contribution in [0.3, 0.4) is 0 Å². The lowest BCUT2D eigenvalue weighted by molar-refractivity contribution is 0.0567. The molecule has 0 saturated carbocycles. The van der Waals surface area contributed by atoms with Crippen molar-refractivity contribution in [2.75, 3.05) is 29.9 Å². The maximum Gasteiger partial charge on any atom is 0.293 e. The van der Waals surface area contributed by atoms with Crippen molar-refractivity contribution in [3.8, 4) is 0 Å². The first-order valence-electron chi connectivity index (χ1n) is 5.74. The first-order chi connectivity index (χ1) is 8.26. The number of nitrogens with zero attached hydrogens (tertiary/aromatic N) is 3. The zero-order valence-electron chi connectivity index (χ0n) is 9.80. The average molecular weight is 302 g/mol. The second-order valence-corrected chi connectivity index (χ2v) is 4.58. The van der Waals surface area contributed by atoms with E-state index < -0.39 is 0 Å². The van der Waals surface area contributed by atoms with Crippen LogP contribution >= 0.6 is 15.9 Å². The van der Waals surface area contributed by atoms with Gasteiger partial charge in [0.05, 0.1) is 12.7 Å². The Hall–Kier alpha value is -0.880. The molecule has 2 rings (SSSR count). The molecule has 0 amide bonds. The number of halogens is 1. The normalized spacial score (nSPS) is 20.6. The summed E-state index contributed by atoms with van der Waals surface area (Å²) < 4.78 is 7.22. The fourth-order valence-corrected chi connectivity index (χ4v) is 2.30. The van der Waals surface area contributed by atoms with E-state index in [1.54, 1.807) is 17.0 Å². The topological polar surface area (TPSA) is 47.4 Å². The van der Waals surface area contributed by atoms with E-state index in [1.807, 2.05) is 11.8 Å². The molecule has 0 bridgehead atoms. The maximum atomic E-state index is 12.1. The maximum absolute atomic E-state index is 12.1. The van der Waals surface area contributed by atoms with Crippen LogP contribution in [0.5, 0.6) is 0 Å². The molecule has 0 aliphatic carbocycles. The van der Waals surface area contributed by atoms with Crippen LogP contribution in [-0.2, 0) is 11.3 Å². The summed E-state index contributed by atoms with van der Waals surface area (Å²) >= 11 is 3.40. The van der Waals surface area contributed by atoms with E-state index >= 15 is 0 Å². The molecule has 1 saturated heterocycles. The van der Waals surface area contributed by atoms with Crippen molar-refractivity contribution in [3.63, 3.8) is 0 Å². The van der Waals surface area contributed by atoms with Gasteiger partial charge in [-0.1, -0.05) is 15.9 Å². The van der Waals surface area contributed by atoms with Crippen LogP contribution in [-0.4, -0.2) is 40.7 Å². The smallest absolute Gasteiger partial charge is 0.293 e. The predicted molar refractivity (Wildman–Crippen MR) is 69.9 cm³/mol. The number of morpholine rings is 1. The van der Waals surface area contributed by atoms with Gasteiger partial charge in [-0.2, -0.15) is 0 Å². The van der Waals surface area contributed by atoms with Crippen molar-refractivity contribution in [2.45, 2.75) is 19.6 Å². The van der Waals surface area contributed by atoms with E-state index in [1.165, 1.54) is 0 Å². The molecule has 0 spiro atoms. The molecule has 1 aliphatic rings. The van der Waals surface area contributed by atoms with Crippen LogP contribution in [0, 0.1) is 0 Å². The Morgan fingerprint density at radius 1 is 1.65 bits per heavy atom. The minimum atomic E-state index is -0.0229. The fraction of sp³-hybridized carbons (Fsp3) is 0.636. The molecule has 1 fully saturated rings. The van der Waals surface area contributed by atoms with Gasteiger partial charge in [0.25, 0.3) is 5.56 Å². The van der Waals surface area contributed by atoms with Gasteiger partial charge >= 0.3 is 0 Å². The van der Waals surface area contributed by atoms with Crippen molar-refractivity contribution >= 4 is 21.7 Å². The van der Waals surface area contributed by atoms with Gasteiger partial charge in [0, 0.05) is 37.4 Å². The Kier molecular flexibility index (Phi) is 4.17. The largest absolute Gasteiger partial charge is 0.374 e. The molecule has 0 N–H and O–H groups in total. The fourth-order valence-electron chi connectivity index (χ4n) is 1.91. The Morgan fingerprint density at radius 3 is 3.18 bits per heavy atom. The second-order valence-electron chi connectivity index (χ2n) is 3.94. The van der Waals surface area contributed by atoms with Gasteiger partial charge in [-0.15, -0.1) is 0 Å². The van der Waals surface area contributed by atoms with Gasteiger partial charge in [-0.05, 0) is 6.92 Å². The minimum Gasteiger partial charge on any atom is -0.374 e. The van der Waals surface area contributed by atoms with Gasteiger partial charge in [-0.3, -0.25) is 4.79 Å². The third kappa shape index (κ3) is 2.69. The third-order valence-corrected chi connectivity index (χ3v) is 3.57. The molecule has 6 heteroatoms. The van der Waals surface area contributed by atoms with Gasteiger partial charge in [0.1, 0.15) is 0 Å². The Labute approximate surface area is 109 Å². The van der Waals surface area contributed by atoms with Crippen LogP contribution in [0.2, 0.25) is 0 Å². The molecule has 94 valence electrons. The van der Waals surface area contributed by atoms with Crippen molar-refractivity contribution in [1.29, 1.82) is 0 Å². The molecular formula is C11H16BrN3O2. The lowest BCUT2D eigenvalue weighted by Crippen LogP contribution is -2.46. The summed E-state index contributed by atoms with van der Waals surface area (Å²) in [5.74, 6) is 0.531. The van der Waals surface area contributed by atoms with Gasteiger partial charge in [0.15, 0.2) is 5.82 Å². The highest BCUT2D eigenvalue weighted by molar-refractivity contribution is 9.09. The van der Waals surface area contributed by atoms with Crippen LogP contribution in [0.1, 0.15) is 6.92 Å². The molecule has 1 aromatic heterocycles. The molecule has 0 radical (unpaired) electrons. The number of hydrogen-bond donors (Lipinski definition) is 0. The lowest BCUT2D eigenvalue weighted by atomic mass is 10.3. The number of aromatic nitrogens is 2. The molecule has 0 aromatic carbocycles.